The molecule has 15 heteroatoms. The van der Waals surface area contributed by atoms with Gasteiger partial charge in [-0.15, -0.1) is 0 Å². The van der Waals surface area contributed by atoms with E-state index in [0.717, 1.165) is 21.3 Å². The summed E-state index contributed by atoms with van der Waals surface area (Å²) in [4.78, 5) is 68.9. The van der Waals surface area contributed by atoms with Gasteiger partial charge in [-0.1, -0.05) is 50.2 Å². The van der Waals surface area contributed by atoms with Gasteiger partial charge in [-0.05, 0) is 69.9 Å². The van der Waals surface area contributed by atoms with Crippen molar-refractivity contribution in [3.63, 3.8) is 0 Å². The summed E-state index contributed by atoms with van der Waals surface area (Å²) in [6.07, 6.45) is -1.37. The number of hydrogen-bond acceptors (Lipinski definition) is 12. The molecule has 3 atom stereocenters. The zero-order chi connectivity index (χ0) is 40.9. The van der Waals surface area contributed by atoms with Gasteiger partial charge in [-0.25, -0.2) is 9.59 Å². The van der Waals surface area contributed by atoms with Crippen molar-refractivity contribution in [1.82, 2.24) is 14.9 Å². The second-order valence-corrected chi connectivity index (χ2v) is 15.0. The van der Waals surface area contributed by atoms with Gasteiger partial charge in [0.25, 0.3) is 0 Å². The third-order valence-electron chi connectivity index (χ3n) is 8.31. The summed E-state index contributed by atoms with van der Waals surface area (Å²) in [6, 6.07) is 13.3. The summed E-state index contributed by atoms with van der Waals surface area (Å²) in [5.74, 6) is -1.82. The Labute approximate surface area is 321 Å². The van der Waals surface area contributed by atoms with Crippen LogP contribution in [0.25, 0.3) is 0 Å². The number of rotatable bonds is 19. The van der Waals surface area contributed by atoms with Crippen molar-refractivity contribution >= 4 is 29.6 Å². The van der Waals surface area contributed by atoms with Crippen molar-refractivity contribution in [3.8, 4) is 5.75 Å². The van der Waals surface area contributed by atoms with Crippen molar-refractivity contribution in [2.75, 3.05) is 25.1 Å². The minimum atomic E-state index is -1.47. The normalized spacial score (nSPS) is 13.3. The molecule has 2 aromatic carbocycles. The summed E-state index contributed by atoms with van der Waals surface area (Å²) in [5, 5.41) is 33.9. The lowest BCUT2D eigenvalue weighted by Crippen LogP contribution is -2.45. The molecule has 2 amide bonds. The van der Waals surface area contributed by atoms with Gasteiger partial charge in [-0.2, -0.15) is 4.98 Å². The summed E-state index contributed by atoms with van der Waals surface area (Å²) >= 11 is 0. The summed E-state index contributed by atoms with van der Waals surface area (Å²) in [7, 11) is 0. The number of aromatic nitrogens is 2. The molecule has 0 saturated carbocycles. The van der Waals surface area contributed by atoms with E-state index in [0.29, 0.717) is 5.56 Å². The van der Waals surface area contributed by atoms with Crippen molar-refractivity contribution in [3.05, 3.63) is 87.5 Å². The second kappa shape index (κ2) is 20.1. The van der Waals surface area contributed by atoms with Crippen LogP contribution < -0.4 is 21.1 Å². The van der Waals surface area contributed by atoms with Gasteiger partial charge >= 0.3 is 17.6 Å². The zero-order valence-corrected chi connectivity index (χ0v) is 32.6. The average Bonchev–Trinajstić information content (AvgIpc) is 3.07. The molecule has 0 fully saturated rings. The van der Waals surface area contributed by atoms with Crippen LogP contribution in [0.15, 0.2) is 59.5 Å². The Morgan fingerprint density at radius 2 is 1.64 bits per heavy atom. The molecule has 0 bridgehead atoms. The Bertz CT molecular complexity index is 1840. The van der Waals surface area contributed by atoms with E-state index in [9.17, 15) is 34.2 Å². The van der Waals surface area contributed by atoms with E-state index in [2.05, 4.69) is 15.6 Å². The van der Waals surface area contributed by atoms with Crippen molar-refractivity contribution in [2.45, 2.75) is 110 Å². The lowest BCUT2D eigenvalue weighted by atomic mass is 9.78. The fourth-order valence-electron chi connectivity index (χ4n) is 6.12. The highest BCUT2D eigenvalue weighted by Gasteiger charge is 2.32. The van der Waals surface area contributed by atoms with Crippen LogP contribution in [0.1, 0.15) is 88.8 Å². The molecule has 0 aliphatic rings. The standard InChI is InChI=1S/C40H54N4O11/c1-25-20-26(2)35(40(6,7)23-33(49)42-31-16-17-44(38(52)43-31)36(29(47)24-46)53-19-18-45)30(21-25)54-34(50)15-11-14-32(48)41-28(37(51)55-39(3,4)5)22-27-12-9-8-10-13-27/h8-10,12-13,16-17,20-21,28-29,36,45-47H,11,14-15,18-19,22-24H2,1-7H3,(H,41,48)(H,42,43,49,52). The molecule has 0 aliphatic heterocycles. The zero-order valence-electron chi connectivity index (χ0n) is 32.6. The molecule has 0 aliphatic carbocycles. The SMILES string of the molecule is Cc1cc(C)c(C(C)(C)CC(=O)Nc2ccn(C(OCCO)C(O)CO)c(=O)n2)c(OC(=O)CCCC(=O)NC(Cc2ccccc2)C(=O)OC(C)(C)C)c1. The maximum Gasteiger partial charge on any atom is 0.351 e. The minimum Gasteiger partial charge on any atom is -0.458 e. The third kappa shape index (κ3) is 14.0. The van der Waals surface area contributed by atoms with E-state index in [1.54, 1.807) is 26.8 Å². The van der Waals surface area contributed by atoms with Crippen LogP contribution in [0.2, 0.25) is 0 Å². The number of esters is 2. The van der Waals surface area contributed by atoms with Gasteiger partial charge in [0, 0.05) is 42.9 Å². The van der Waals surface area contributed by atoms with Gasteiger partial charge in [0.2, 0.25) is 11.8 Å². The first-order valence-electron chi connectivity index (χ1n) is 18.1. The minimum absolute atomic E-state index is 0.0362. The molecule has 1 aromatic heterocycles. The number of carbonyl (C=O) groups excluding carboxylic acids is 4. The summed E-state index contributed by atoms with van der Waals surface area (Å²) in [6.45, 7) is 11.3. The number of aliphatic hydroxyl groups excluding tert-OH is 3. The number of nitrogens with zero attached hydrogens (tertiary/aromatic N) is 2. The van der Waals surface area contributed by atoms with Crippen molar-refractivity contribution in [1.29, 1.82) is 0 Å². The molecule has 0 radical (unpaired) electrons. The van der Waals surface area contributed by atoms with E-state index >= 15 is 0 Å². The highest BCUT2D eigenvalue weighted by molar-refractivity contribution is 5.91. The van der Waals surface area contributed by atoms with Gasteiger partial charge < -0.3 is 40.2 Å². The first-order valence-corrected chi connectivity index (χ1v) is 18.1. The fourth-order valence-corrected chi connectivity index (χ4v) is 6.12. The highest BCUT2D eigenvalue weighted by atomic mass is 16.6. The maximum absolute atomic E-state index is 13.3. The largest absolute Gasteiger partial charge is 0.458 e. The smallest absolute Gasteiger partial charge is 0.351 e. The predicted octanol–water partition coefficient (Wildman–Crippen LogP) is 3.17. The maximum atomic E-state index is 13.3. The molecule has 0 saturated heterocycles. The van der Waals surface area contributed by atoms with E-state index in [-0.39, 0.29) is 56.9 Å². The number of aliphatic hydroxyl groups is 3. The van der Waals surface area contributed by atoms with Gasteiger partial charge in [-0.3, -0.25) is 19.0 Å². The van der Waals surface area contributed by atoms with Crippen molar-refractivity contribution < 1.29 is 48.7 Å². The summed E-state index contributed by atoms with van der Waals surface area (Å²) in [5.41, 5.74) is 0.580. The van der Waals surface area contributed by atoms with Crippen LogP contribution in [0.3, 0.4) is 0 Å². The molecule has 1 heterocycles. The fraction of sp³-hybridized carbons (Fsp3) is 0.500. The number of hydrogen-bond donors (Lipinski definition) is 5. The van der Waals surface area contributed by atoms with Crippen LogP contribution in [0.4, 0.5) is 5.82 Å². The number of amides is 2. The van der Waals surface area contributed by atoms with Gasteiger partial charge in [0.1, 0.15) is 29.3 Å². The number of benzene rings is 2. The molecule has 3 aromatic rings. The lowest BCUT2D eigenvalue weighted by molar-refractivity contribution is -0.158. The Morgan fingerprint density at radius 1 is 0.945 bits per heavy atom. The highest BCUT2D eigenvalue weighted by Crippen LogP contribution is 2.38. The van der Waals surface area contributed by atoms with Crippen LogP contribution >= 0.6 is 0 Å². The van der Waals surface area contributed by atoms with Crippen LogP contribution in [0.5, 0.6) is 5.75 Å². The lowest BCUT2D eigenvalue weighted by Gasteiger charge is -2.29. The van der Waals surface area contributed by atoms with Crippen LogP contribution in [-0.2, 0) is 40.5 Å². The number of ether oxygens (including phenoxy) is 3. The quantitative estimate of drug-likeness (QED) is 0.0879. The first kappa shape index (κ1) is 44.4. The van der Waals surface area contributed by atoms with Crippen LogP contribution in [0, 0.1) is 13.8 Å². The van der Waals surface area contributed by atoms with Crippen LogP contribution in [-0.4, -0.2) is 86.2 Å². The molecular formula is C40H54N4O11. The molecule has 5 N–H and O–H groups in total. The number of anilines is 1. The van der Waals surface area contributed by atoms with E-state index < -0.39 is 65.4 Å². The summed E-state index contributed by atoms with van der Waals surface area (Å²) < 4.78 is 17.6. The molecule has 3 unspecified atom stereocenters. The number of carbonyl (C=O) groups is 4. The third-order valence-corrected chi connectivity index (χ3v) is 8.31. The first-order chi connectivity index (χ1) is 25.8. The molecular weight excluding hydrogens is 712 g/mol. The average molecular weight is 767 g/mol. The Hall–Kier alpha value is -4.96. The van der Waals surface area contributed by atoms with E-state index in [1.165, 1.54) is 12.3 Å². The number of nitrogens with one attached hydrogen (secondary N) is 2. The molecule has 15 nitrogen and oxygen atoms in total. The Balaban J connectivity index is 1.66. The Kier molecular flexibility index (Phi) is 16.2. The Morgan fingerprint density at radius 3 is 2.25 bits per heavy atom. The van der Waals surface area contributed by atoms with Crippen molar-refractivity contribution in [2.24, 2.45) is 0 Å². The van der Waals surface area contributed by atoms with Gasteiger partial charge in [0.15, 0.2) is 6.23 Å². The van der Waals surface area contributed by atoms with E-state index in [1.807, 2.05) is 64.1 Å². The molecule has 0 spiro atoms. The van der Waals surface area contributed by atoms with Gasteiger partial charge in [0.05, 0.1) is 19.8 Å². The number of aryl methyl sites for hydroxylation is 2. The topological polar surface area (TPSA) is 216 Å². The molecule has 55 heavy (non-hydrogen) atoms. The molecule has 300 valence electrons. The molecule has 3 rings (SSSR count). The van der Waals surface area contributed by atoms with E-state index in [4.69, 9.17) is 19.3 Å². The second-order valence-electron chi connectivity index (χ2n) is 15.0. The monoisotopic (exact) mass is 766 g/mol. The predicted molar refractivity (Wildman–Crippen MR) is 203 cm³/mol.